The molecule has 1 atom stereocenters. The van der Waals surface area contributed by atoms with Gasteiger partial charge in [-0.25, -0.2) is 0 Å². The van der Waals surface area contributed by atoms with Gasteiger partial charge >= 0.3 is 0 Å². The zero-order valence-corrected chi connectivity index (χ0v) is 10.4. The molecule has 2 fully saturated rings. The van der Waals surface area contributed by atoms with Crippen LogP contribution in [0.5, 0.6) is 0 Å². The Balaban J connectivity index is 1.80. The summed E-state index contributed by atoms with van der Waals surface area (Å²) in [5.41, 5.74) is 0. The van der Waals surface area contributed by atoms with Crippen LogP contribution in [0.15, 0.2) is 0 Å². The minimum Gasteiger partial charge on any atom is -0.395 e. The Morgan fingerprint density at radius 2 is 2.06 bits per heavy atom. The van der Waals surface area contributed by atoms with Crippen LogP contribution in [0.1, 0.15) is 19.3 Å². The highest BCUT2D eigenvalue weighted by Crippen LogP contribution is 2.16. The van der Waals surface area contributed by atoms with E-state index in [4.69, 9.17) is 5.11 Å². The van der Waals surface area contributed by atoms with Crippen molar-refractivity contribution in [3.05, 3.63) is 0 Å². The number of carbonyl (C=O) groups excluding carboxylic acids is 1. The number of aliphatic hydroxyl groups excluding tert-OH is 1. The quantitative estimate of drug-likeness (QED) is 0.684. The fourth-order valence-corrected chi connectivity index (χ4v) is 2.76. The molecule has 5 nitrogen and oxygen atoms in total. The highest BCUT2D eigenvalue weighted by Gasteiger charge is 2.26. The van der Waals surface area contributed by atoms with Crippen LogP contribution in [-0.4, -0.2) is 72.7 Å². The number of amides is 1. The summed E-state index contributed by atoms with van der Waals surface area (Å²) in [6.07, 6.45) is 2.87. The molecule has 0 spiro atoms. The molecule has 0 aromatic heterocycles. The van der Waals surface area contributed by atoms with E-state index in [1.807, 2.05) is 0 Å². The van der Waals surface area contributed by atoms with Crippen LogP contribution in [-0.2, 0) is 4.79 Å². The number of aliphatic hydroxyl groups is 1. The second kappa shape index (κ2) is 6.33. The lowest BCUT2D eigenvalue weighted by Gasteiger charge is -2.38. The number of piperazine rings is 1. The topological polar surface area (TPSA) is 55.8 Å². The third-order valence-electron chi connectivity index (χ3n) is 3.80. The average molecular weight is 241 g/mol. The zero-order valence-electron chi connectivity index (χ0n) is 10.4. The summed E-state index contributed by atoms with van der Waals surface area (Å²) in [5, 5.41) is 11.8. The minimum atomic E-state index is 0.199. The average Bonchev–Trinajstić information content (AvgIpc) is 2.55. The molecule has 1 unspecified atom stereocenters. The first kappa shape index (κ1) is 12.8. The van der Waals surface area contributed by atoms with Crippen molar-refractivity contribution in [2.75, 3.05) is 45.9 Å². The molecular weight excluding hydrogens is 218 g/mol. The summed E-state index contributed by atoms with van der Waals surface area (Å²) in [5.74, 6) is 0.199. The van der Waals surface area contributed by atoms with Crippen molar-refractivity contribution in [3.63, 3.8) is 0 Å². The molecule has 1 amide bonds. The second-order valence-electron chi connectivity index (χ2n) is 4.95. The van der Waals surface area contributed by atoms with Gasteiger partial charge in [0.15, 0.2) is 0 Å². The van der Waals surface area contributed by atoms with Gasteiger partial charge < -0.3 is 10.4 Å². The van der Waals surface area contributed by atoms with Gasteiger partial charge in [-0.05, 0) is 12.8 Å². The molecule has 2 N–H and O–H groups in total. The minimum absolute atomic E-state index is 0.199. The molecule has 2 saturated heterocycles. The fraction of sp³-hybridized carbons (Fsp3) is 0.917. The van der Waals surface area contributed by atoms with Gasteiger partial charge in [0.1, 0.15) is 0 Å². The first-order chi connectivity index (χ1) is 8.29. The third-order valence-corrected chi connectivity index (χ3v) is 3.80. The van der Waals surface area contributed by atoms with Crippen molar-refractivity contribution in [1.82, 2.24) is 15.1 Å². The van der Waals surface area contributed by atoms with E-state index in [2.05, 4.69) is 15.1 Å². The molecule has 0 bridgehead atoms. The Morgan fingerprint density at radius 3 is 2.76 bits per heavy atom. The molecule has 17 heavy (non-hydrogen) atoms. The maximum atomic E-state index is 11.5. The fourth-order valence-electron chi connectivity index (χ4n) is 2.76. The monoisotopic (exact) mass is 241 g/mol. The molecule has 0 radical (unpaired) electrons. The van der Waals surface area contributed by atoms with Gasteiger partial charge in [-0.1, -0.05) is 0 Å². The molecule has 0 aliphatic carbocycles. The van der Waals surface area contributed by atoms with Gasteiger partial charge in [0.05, 0.1) is 6.61 Å². The van der Waals surface area contributed by atoms with Crippen LogP contribution in [0, 0.1) is 0 Å². The van der Waals surface area contributed by atoms with E-state index < -0.39 is 0 Å². The maximum absolute atomic E-state index is 11.5. The van der Waals surface area contributed by atoms with Gasteiger partial charge in [-0.3, -0.25) is 14.6 Å². The van der Waals surface area contributed by atoms with Crippen molar-refractivity contribution < 1.29 is 9.90 Å². The van der Waals surface area contributed by atoms with Crippen LogP contribution in [0.4, 0.5) is 0 Å². The molecule has 98 valence electrons. The lowest BCUT2D eigenvalue weighted by atomic mass is 10.1. The van der Waals surface area contributed by atoms with Crippen molar-refractivity contribution in [3.8, 4) is 0 Å². The van der Waals surface area contributed by atoms with E-state index in [0.717, 1.165) is 52.1 Å². The third kappa shape index (κ3) is 3.66. The number of rotatable bonds is 3. The number of carbonyl (C=O) groups is 1. The normalized spacial score (nSPS) is 28.8. The number of hydrogen-bond donors (Lipinski definition) is 2. The van der Waals surface area contributed by atoms with Crippen molar-refractivity contribution >= 4 is 5.91 Å². The lowest BCUT2D eigenvalue weighted by Crippen LogP contribution is -2.51. The van der Waals surface area contributed by atoms with Gasteiger partial charge in [-0.2, -0.15) is 0 Å². The summed E-state index contributed by atoms with van der Waals surface area (Å²) < 4.78 is 0. The van der Waals surface area contributed by atoms with Gasteiger partial charge in [-0.15, -0.1) is 0 Å². The van der Waals surface area contributed by atoms with Gasteiger partial charge in [0.25, 0.3) is 0 Å². The number of nitrogens with zero attached hydrogens (tertiary/aromatic N) is 2. The molecular formula is C12H23N3O2. The Morgan fingerprint density at radius 1 is 1.29 bits per heavy atom. The molecule has 2 heterocycles. The van der Waals surface area contributed by atoms with E-state index in [9.17, 15) is 4.79 Å². The standard InChI is InChI=1S/C12H23N3O2/c16-9-8-14-4-6-15(7-5-14)11-2-1-3-13-12(17)10-11/h11,16H,1-10H2,(H,13,17). The van der Waals surface area contributed by atoms with Crippen molar-refractivity contribution in [2.45, 2.75) is 25.3 Å². The predicted molar refractivity (Wildman–Crippen MR) is 65.7 cm³/mol. The largest absolute Gasteiger partial charge is 0.395 e. The molecule has 2 aliphatic rings. The number of β-amino-alcohol motifs (C(OH)–C–C–N with tert-alkyl or cyclic N) is 1. The SMILES string of the molecule is O=C1CC(N2CCN(CCO)CC2)CCCN1. The number of nitrogens with one attached hydrogen (secondary N) is 1. The molecule has 0 aromatic carbocycles. The highest BCUT2D eigenvalue weighted by atomic mass is 16.3. The Kier molecular flexibility index (Phi) is 4.76. The van der Waals surface area contributed by atoms with Crippen LogP contribution in [0.25, 0.3) is 0 Å². The molecule has 0 aromatic rings. The summed E-state index contributed by atoms with van der Waals surface area (Å²) in [7, 11) is 0. The first-order valence-corrected chi connectivity index (χ1v) is 6.63. The van der Waals surface area contributed by atoms with E-state index in [0.29, 0.717) is 12.5 Å². The molecule has 2 aliphatic heterocycles. The first-order valence-electron chi connectivity index (χ1n) is 6.63. The zero-order chi connectivity index (χ0) is 12.1. The van der Waals surface area contributed by atoms with E-state index in [-0.39, 0.29) is 12.5 Å². The van der Waals surface area contributed by atoms with E-state index >= 15 is 0 Å². The summed E-state index contributed by atoms with van der Waals surface area (Å²) in [6.45, 7) is 5.93. The van der Waals surface area contributed by atoms with Gasteiger partial charge in [0, 0.05) is 51.7 Å². The summed E-state index contributed by atoms with van der Waals surface area (Å²) in [4.78, 5) is 16.2. The molecule has 0 saturated carbocycles. The van der Waals surface area contributed by atoms with Gasteiger partial charge in [0.2, 0.25) is 5.91 Å². The summed E-state index contributed by atoms with van der Waals surface area (Å²) >= 11 is 0. The Hall–Kier alpha value is -0.650. The Bertz CT molecular complexity index is 252. The van der Waals surface area contributed by atoms with Crippen LogP contribution in [0.3, 0.4) is 0 Å². The van der Waals surface area contributed by atoms with Crippen LogP contribution >= 0.6 is 0 Å². The van der Waals surface area contributed by atoms with E-state index in [1.54, 1.807) is 0 Å². The lowest BCUT2D eigenvalue weighted by molar-refractivity contribution is -0.121. The molecule has 2 rings (SSSR count). The molecule has 5 heteroatoms. The predicted octanol–water partition coefficient (Wildman–Crippen LogP) is -0.735. The van der Waals surface area contributed by atoms with Crippen LogP contribution < -0.4 is 5.32 Å². The summed E-state index contributed by atoms with van der Waals surface area (Å²) in [6, 6.07) is 0.425. The van der Waals surface area contributed by atoms with Crippen LogP contribution in [0.2, 0.25) is 0 Å². The van der Waals surface area contributed by atoms with E-state index in [1.165, 1.54) is 0 Å². The second-order valence-corrected chi connectivity index (χ2v) is 4.95. The smallest absolute Gasteiger partial charge is 0.221 e. The van der Waals surface area contributed by atoms with Crippen molar-refractivity contribution in [1.29, 1.82) is 0 Å². The highest BCUT2D eigenvalue weighted by molar-refractivity contribution is 5.76. The van der Waals surface area contributed by atoms with Crippen molar-refractivity contribution in [2.24, 2.45) is 0 Å². The Labute approximate surface area is 103 Å². The number of hydrogen-bond acceptors (Lipinski definition) is 4. The maximum Gasteiger partial charge on any atom is 0.221 e.